The van der Waals surface area contributed by atoms with Crippen molar-refractivity contribution in [3.8, 4) is 0 Å². The summed E-state index contributed by atoms with van der Waals surface area (Å²) >= 11 is 0. The van der Waals surface area contributed by atoms with E-state index in [-0.39, 0.29) is 11.4 Å². The quantitative estimate of drug-likeness (QED) is 0.626. The Morgan fingerprint density at radius 2 is 1.50 bits per heavy atom. The molecule has 132 valence electrons. The van der Waals surface area contributed by atoms with E-state index in [9.17, 15) is 14.4 Å². The van der Waals surface area contributed by atoms with Gasteiger partial charge in [0.2, 0.25) is 0 Å². The molecule has 0 radical (unpaired) electrons. The Morgan fingerprint density at radius 3 is 2.00 bits per heavy atom. The fourth-order valence-corrected chi connectivity index (χ4v) is 3.10. The molecular weight excluding hydrogens is 332 g/mol. The van der Waals surface area contributed by atoms with E-state index in [1.807, 2.05) is 0 Å². The number of carbonyl (C=O) groups excluding carboxylic acids is 3. The van der Waals surface area contributed by atoms with Gasteiger partial charge in [0, 0.05) is 27.8 Å². The molecule has 5 nitrogen and oxygen atoms in total. The molecule has 1 aliphatic carbocycles. The molecule has 3 rings (SSSR count). The van der Waals surface area contributed by atoms with E-state index < -0.39 is 24.1 Å². The van der Waals surface area contributed by atoms with Crippen molar-refractivity contribution in [2.75, 3.05) is 6.61 Å². The standard InChI is InChI=1S/C21H18O5/c1-13(2)20(24)25-12-18(22)26-21(3)16-10-6-4-8-14(16)19(23)15-9-5-7-11-17(15)21/h4-11H,1,12H2,2-3H3. The number of fused-ring (bicyclic) bond motifs is 2. The molecule has 0 bridgehead atoms. The predicted octanol–water partition coefficient (Wildman–Crippen LogP) is 3.16. The Hall–Kier alpha value is -3.21. The van der Waals surface area contributed by atoms with Crippen LogP contribution < -0.4 is 0 Å². The molecule has 0 amide bonds. The summed E-state index contributed by atoms with van der Waals surface area (Å²) in [5.41, 5.74) is 1.21. The van der Waals surface area contributed by atoms with Gasteiger partial charge in [-0.2, -0.15) is 0 Å². The summed E-state index contributed by atoms with van der Waals surface area (Å²) in [6.45, 7) is 6.16. The van der Waals surface area contributed by atoms with Gasteiger partial charge >= 0.3 is 11.9 Å². The number of rotatable bonds is 4. The Morgan fingerprint density at radius 1 is 1.00 bits per heavy atom. The molecule has 26 heavy (non-hydrogen) atoms. The minimum absolute atomic E-state index is 0.113. The number of ether oxygens (including phenoxy) is 2. The molecule has 0 aliphatic heterocycles. The van der Waals surface area contributed by atoms with E-state index in [1.165, 1.54) is 6.92 Å². The second kappa shape index (κ2) is 6.59. The van der Waals surface area contributed by atoms with Crippen molar-refractivity contribution in [3.63, 3.8) is 0 Å². The van der Waals surface area contributed by atoms with Crippen molar-refractivity contribution < 1.29 is 23.9 Å². The monoisotopic (exact) mass is 350 g/mol. The lowest BCUT2D eigenvalue weighted by atomic mass is 9.75. The SMILES string of the molecule is C=C(C)C(=O)OCC(=O)OC1(C)c2ccccc2C(=O)c2ccccc21. The average molecular weight is 350 g/mol. The summed E-state index contributed by atoms with van der Waals surface area (Å²) in [5, 5.41) is 0. The maximum atomic E-state index is 12.8. The second-order valence-corrected chi connectivity index (χ2v) is 6.28. The number of ketones is 1. The van der Waals surface area contributed by atoms with Gasteiger partial charge in [0.1, 0.15) is 0 Å². The van der Waals surface area contributed by atoms with Crippen LogP contribution in [-0.4, -0.2) is 24.3 Å². The largest absolute Gasteiger partial charge is 0.450 e. The van der Waals surface area contributed by atoms with Gasteiger partial charge in [0.15, 0.2) is 18.0 Å². The zero-order valence-corrected chi connectivity index (χ0v) is 14.6. The molecule has 1 aliphatic rings. The van der Waals surface area contributed by atoms with Gasteiger partial charge < -0.3 is 9.47 Å². The van der Waals surface area contributed by atoms with E-state index in [0.29, 0.717) is 22.3 Å². The summed E-state index contributed by atoms with van der Waals surface area (Å²) < 4.78 is 10.6. The van der Waals surface area contributed by atoms with Crippen molar-refractivity contribution in [2.45, 2.75) is 19.4 Å². The third-order valence-electron chi connectivity index (χ3n) is 4.36. The number of hydrogen-bond donors (Lipinski definition) is 0. The van der Waals surface area contributed by atoms with Gasteiger partial charge in [-0.3, -0.25) is 4.79 Å². The molecule has 0 fully saturated rings. The first-order chi connectivity index (χ1) is 12.3. The van der Waals surface area contributed by atoms with E-state index in [0.717, 1.165) is 0 Å². The Labute approximate surface area is 151 Å². The second-order valence-electron chi connectivity index (χ2n) is 6.28. The van der Waals surface area contributed by atoms with Gasteiger partial charge in [-0.1, -0.05) is 55.1 Å². The summed E-state index contributed by atoms with van der Waals surface area (Å²) in [5.74, 6) is -1.48. The minimum Gasteiger partial charge on any atom is -0.450 e. The van der Waals surface area contributed by atoms with Crippen LogP contribution in [0.25, 0.3) is 0 Å². The minimum atomic E-state index is -1.16. The Kier molecular flexibility index (Phi) is 4.47. The van der Waals surface area contributed by atoms with E-state index in [2.05, 4.69) is 6.58 Å². The molecule has 0 atom stereocenters. The first-order valence-electron chi connectivity index (χ1n) is 8.13. The lowest BCUT2D eigenvalue weighted by molar-refractivity contribution is -0.165. The third-order valence-corrected chi connectivity index (χ3v) is 4.36. The van der Waals surface area contributed by atoms with Crippen LogP contribution in [0.4, 0.5) is 0 Å². The molecule has 0 aromatic heterocycles. The molecule has 0 N–H and O–H groups in total. The maximum Gasteiger partial charge on any atom is 0.345 e. The van der Waals surface area contributed by atoms with Gasteiger partial charge in [0.05, 0.1) is 0 Å². The predicted molar refractivity (Wildman–Crippen MR) is 94.6 cm³/mol. The van der Waals surface area contributed by atoms with Gasteiger partial charge in [0.25, 0.3) is 0 Å². The number of esters is 2. The summed E-state index contributed by atoms with van der Waals surface area (Å²) in [6.07, 6.45) is 0. The highest BCUT2D eigenvalue weighted by Gasteiger charge is 2.43. The molecule has 0 heterocycles. The summed E-state index contributed by atoms with van der Waals surface area (Å²) in [7, 11) is 0. The molecule has 0 saturated carbocycles. The van der Waals surface area contributed by atoms with Crippen LogP contribution in [0.1, 0.15) is 40.9 Å². The fourth-order valence-electron chi connectivity index (χ4n) is 3.10. The smallest absolute Gasteiger partial charge is 0.345 e. The highest BCUT2D eigenvalue weighted by molar-refractivity contribution is 6.13. The van der Waals surface area contributed by atoms with Crippen molar-refractivity contribution >= 4 is 17.7 Å². The van der Waals surface area contributed by atoms with Crippen molar-refractivity contribution in [2.24, 2.45) is 0 Å². The molecule has 5 heteroatoms. The highest BCUT2D eigenvalue weighted by atomic mass is 16.6. The van der Waals surface area contributed by atoms with E-state index >= 15 is 0 Å². The molecule has 0 saturated heterocycles. The van der Waals surface area contributed by atoms with Crippen LogP contribution in [-0.2, 0) is 24.7 Å². The summed E-state index contributed by atoms with van der Waals surface area (Å²) in [4.78, 5) is 36.6. The number of hydrogen-bond acceptors (Lipinski definition) is 5. The van der Waals surface area contributed by atoms with Crippen LogP contribution in [0.3, 0.4) is 0 Å². The first kappa shape index (κ1) is 17.6. The summed E-state index contributed by atoms with van der Waals surface area (Å²) in [6, 6.07) is 14.0. The van der Waals surface area contributed by atoms with Crippen LogP contribution in [0.2, 0.25) is 0 Å². The number of carbonyl (C=O) groups is 3. The van der Waals surface area contributed by atoms with Crippen LogP contribution >= 0.6 is 0 Å². The topological polar surface area (TPSA) is 69.7 Å². The van der Waals surface area contributed by atoms with Crippen LogP contribution in [0.5, 0.6) is 0 Å². The van der Waals surface area contributed by atoms with E-state index in [1.54, 1.807) is 55.5 Å². The van der Waals surface area contributed by atoms with Crippen molar-refractivity contribution in [3.05, 3.63) is 82.9 Å². The van der Waals surface area contributed by atoms with Gasteiger partial charge in [-0.25, -0.2) is 9.59 Å². The zero-order valence-electron chi connectivity index (χ0n) is 14.6. The van der Waals surface area contributed by atoms with Gasteiger partial charge in [-0.15, -0.1) is 0 Å². The van der Waals surface area contributed by atoms with E-state index in [4.69, 9.17) is 9.47 Å². The lowest BCUT2D eigenvalue weighted by Crippen LogP contribution is -2.38. The Balaban J connectivity index is 1.97. The normalized spacial score (nSPS) is 14.0. The van der Waals surface area contributed by atoms with Crippen molar-refractivity contribution in [1.82, 2.24) is 0 Å². The molecule has 2 aromatic rings. The van der Waals surface area contributed by atoms with Gasteiger partial charge in [-0.05, 0) is 13.8 Å². The van der Waals surface area contributed by atoms with Crippen LogP contribution in [0.15, 0.2) is 60.7 Å². The van der Waals surface area contributed by atoms with Crippen LogP contribution in [0, 0.1) is 0 Å². The Bertz CT molecular complexity index is 876. The van der Waals surface area contributed by atoms with Crippen molar-refractivity contribution in [1.29, 1.82) is 0 Å². The molecular formula is C21H18O5. The third kappa shape index (κ3) is 2.92. The molecule has 0 unspecified atom stereocenters. The highest BCUT2D eigenvalue weighted by Crippen LogP contribution is 2.42. The fraction of sp³-hybridized carbons (Fsp3) is 0.190. The number of benzene rings is 2. The molecule has 0 spiro atoms. The first-order valence-corrected chi connectivity index (χ1v) is 8.13. The maximum absolute atomic E-state index is 12.8. The zero-order chi connectivity index (χ0) is 18.9. The molecule has 2 aromatic carbocycles. The average Bonchev–Trinajstić information content (AvgIpc) is 2.64. The lowest BCUT2D eigenvalue weighted by Gasteiger charge is -2.36.